The lowest BCUT2D eigenvalue weighted by molar-refractivity contribution is -0.0366. The van der Waals surface area contributed by atoms with E-state index in [1.165, 1.54) is 0 Å². The van der Waals surface area contributed by atoms with Crippen molar-refractivity contribution in [3.63, 3.8) is 0 Å². The number of amides is 1. The number of pyridine rings is 1. The normalized spacial score (nSPS) is 25.8. The number of benzene rings is 1. The molecule has 10 rings (SSSR count). The Kier molecular flexibility index (Phi) is 12.0. The van der Waals surface area contributed by atoms with Crippen LogP contribution >= 0.6 is 0 Å². The summed E-state index contributed by atoms with van der Waals surface area (Å²) in [5, 5.41) is 5.94. The van der Waals surface area contributed by atoms with E-state index in [0.29, 0.717) is 63.1 Å². The van der Waals surface area contributed by atoms with Crippen molar-refractivity contribution in [1.82, 2.24) is 39.5 Å². The zero-order valence-corrected chi connectivity index (χ0v) is 39.3. The van der Waals surface area contributed by atoms with Gasteiger partial charge in [-0.25, -0.2) is 23.2 Å². The molecule has 1 aliphatic carbocycles. The number of nitrogens with zero attached hydrogens (tertiary/aromatic N) is 8. The molecule has 4 aliphatic heterocycles. The number of ether oxygens (including phenoxy) is 4. The summed E-state index contributed by atoms with van der Waals surface area (Å²) in [5.74, 6) is 1.39. The van der Waals surface area contributed by atoms with E-state index in [-0.39, 0.29) is 59.3 Å². The molecule has 8 heterocycles. The topological polar surface area (TPSA) is 143 Å². The van der Waals surface area contributed by atoms with Crippen LogP contribution in [0.2, 0.25) is 0 Å². The molecule has 66 heavy (non-hydrogen) atoms. The van der Waals surface area contributed by atoms with Crippen molar-refractivity contribution in [2.45, 2.75) is 148 Å². The fourth-order valence-corrected chi connectivity index (χ4v) is 11.4. The van der Waals surface area contributed by atoms with Crippen LogP contribution in [-0.2, 0) is 22.3 Å². The minimum absolute atomic E-state index is 0.0138. The molecular formula is C50H64F2N8O6. The van der Waals surface area contributed by atoms with Crippen molar-refractivity contribution in [2.75, 3.05) is 46.0 Å². The summed E-state index contributed by atoms with van der Waals surface area (Å²) >= 11 is 0. The largest absolute Gasteiger partial charge is 0.477 e. The highest BCUT2D eigenvalue weighted by molar-refractivity contribution is 5.99. The summed E-state index contributed by atoms with van der Waals surface area (Å²) in [5.41, 5.74) is 2.58. The quantitative estimate of drug-likeness (QED) is 0.118. The number of aromatic nitrogens is 6. The van der Waals surface area contributed by atoms with Crippen molar-refractivity contribution >= 4 is 27.9 Å². The average Bonchev–Trinajstić information content (AvgIpc) is 4.07. The van der Waals surface area contributed by atoms with Crippen LogP contribution in [0.25, 0.3) is 33.1 Å². The van der Waals surface area contributed by atoms with Crippen LogP contribution in [0.4, 0.5) is 13.6 Å². The summed E-state index contributed by atoms with van der Waals surface area (Å²) in [6, 6.07) is 2.10. The summed E-state index contributed by atoms with van der Waals surface area (Å²) in [6.45, 7) is 15.6. The second-order valence-electron chi connectivity index (χ2n) is 21.2. The molecule has 1 aromatic carbocycles. The number of halogens is 2. The highest BCUT2D eigenvalue weighted by Gasteiger charge is 2.51. The van der Waals surface area contributed by atoms with Gasteiger partial charge in [0, 0.05) is 62.1 Å². The Morgan fingerprint density at radius 2 is 1.82 bits per heavy atom. The van der Waals surface area contributed by atoms with E-state index in [9.17, 15) is 9.18 Å². The number of hydrogen-bond acceptors (Lipinski definition) is 12. The number of hydrogen-bond donors (Lipinski definition) is 0. The molecule has 4 aromatic heterocycles. The van der Waals surface area contributed by atoms with Gasteiger partial charge in [0.1, 0.15) is 35.4 Å². The first-order chi connectivity index (χ1) is 31.7. The van der Waals surface area contributed by atoms with E-state index < -0.39 is 23.1 Å². The number of fused-ring (bicyclic) bond motifs is 3. The van der Waals surface area contributed by atoms with Gasteiger partial charge in [0.2, 0.25) is 5.88 Å². The van der Waals surface area contributed by atoms with E-state index >= 15 is 4.39 Å². The average molecular weight is 911 g/mol. The van der Waals surface area contributed by atoms with E-state index in [1.54, 1.807) is 12.4 Å². The van der Waals surface area contributed by atoms with Crippen LogP contribution in [0.1, 0.15) is 134 Å². The smallest absolute Gasteiger partial charge is 0.410 e. The number of likely N-dealkylation sites (tertiary alicyclic amines) is 1. The predicted molar refractivity (Wildman–Crippen MR) is 244 cm³/mol. The van der Waals surface area contributed by atoms with Gasteiger partial charge in [-0.05, 0) is 127 Å². The van der Waals surface area contributed by atoms with Crippen LogP contribution in [0, 0.1) is 24.1 Å². The number of oxazole rings is 1. The summed E-state index contributed by atoms with van der Waals surface area (Å²) in [6.07, 6.45) is 13.7. The Morgan fingerprint density at radius 3 is 2.61 bits per heavy atom. The zero-order valence-electron chi connectivity index (χ0n) is 39.3. The Bertz CT molecular complexity index is 2600. The molecule has 1 unspecified atom stereocenters. The van der Waals surface area contributed by atoms with Crippen molar-refractivity contribution in [2.24, 2.45) is 11.3 Å². The second kappa shape index (κ2) is 17.6. The van der Waals surface area contributed by atoms with Gasteiger partial charge in [0.25, 0.3) is 0 Å². The lowest BCUT2D eigenvalue weighted by Crippen LogP contribution is -2.52. The second-order valence-corrected chi connectivity index (χ2v) is 21.2. The first kappa shape index (κ1) is 44.9. The number of carbonyl (C=O) groups is 1. The minimum Gasteiger partial charge on any atom is -0.477 e. The molecule has 0 radical (unpaired) electrons. The molecule has 1 amide bonds. The van der Waals surface area contributed by atoms with Gasteiger partial charge in [-0.3, -0.25) is 9.88 Å². The number of piperidine rings is 1. The maximum atomic E-state index is 17.7. The Hall–Kier alpha value is -4.96. The van der Waals surface area contributed by atoms with E-state index in [0.717, 1.165) is 98.0 Å². The highest BCUT2D eigenvalue weighted by Crippen LogP contribution is 2.55. The van der Waals surface area contributed by atoms with E-state index in [4.69, 9.17) is 43.4 Å². The van der Waals surface area contributed by atoms with Crippen LogP contribution in [-0.4, -0.2) is 109 Å². The number of rotatable bonds is 12. The van der Waals surface area contributed by atoms with E-state index in [1.807, 2.05) is 57.3 Å². The third kappa shape index (κ3) is 8.72. The molecule has 1 spiro atoms. The molecule has 1 saturated carbocycles. The standard InChI is InChI=1S/C50H64F2N8O6/c1-30(2)27-63-45-37-24-53-43(41(52)42(37)56-46(57-45)64-29-50-15-10-17-59(50)26-33(51)22-50)40-35(31(3)19-38-36(40)25-55-60(38)39-11-7-8-18-62-39)13-12-34-23-54-44(65-34)32-20-49(21-32)14-9-16-58(28-49)47(61)66-48(4,5)6/h19,23-25,30,32-33,39H,7-18,20-22,26-29H2,1-6H3/t32?,33-,39?,49?,50+/m1/s1. The van der Waals surface area contributed by atoms with Crippen LogP contribution < -0.4 is 9.47 Å². The minimum atomic E-state index is -0.917. The Morgan fingerprint density at radius 1 is 0.985 bits per heavy atom. The van der Waals surface area contributed by atoms with Gasteiger partial charge in [-0.15, -0.1) is 0 Å². The lowest BCUT2D eigenvalue weighted by atomic mass is 9.58. The molecule has 14 nitrogen and oxygen atoms in total. The summed E-state index contributed by atoms with van der Waals surface area (Å²) < 4.78 is 65.2. The third-order valence-corrected chi connectivity index (χ3v) is 14.5. The first-order valence-electron chi connectivity index (χ1n) is 24.2. The molecule has 5 fully saturated rings. The number of carbonyl (C=O) groups excluding carboxylic acids is 1. The van der Waals surface area contributed by atoms with Crippen molar-refractivity contribution in [1.29, 1.82) is 0 Å². The molecule has 354 valence electrons. The maximum absolute atomic E-state index is 17.7. The fraction of sp³-hybridized carbons (Fsp3) is 0.640. The van der Waals surface area contributed by atoms with Gasteiger partial charge < -0.3 is 28.3 Å². The molecule has 4 saturated heterocycles. The molecule has 0 bridgehead atoms. The van der Waals surface area contributed by atoms with Gasteiger partial charge in [-0.1, -0.05) is 13.8 Å². The van der Waals surface area contributed by atoms with Crippen molar-refractivity contribution in [3.05, 3.63) is 53.3 Å². The number of aryl methyl sites for hydroxylation is 2. The highest BCUT2D eigenvalue weighted by atomic mass is 19.1. The molecule has 0 N–H and O–H groups in total. The molecule has 5 aromatic rings. The summed E-state index contributed by atoms with van der Waals surface area (Å²) in [4.78, 5) is 35.9. The maximum Gasteiger partial charge on any atom is 0.410 e. The molecule has 16 heteroatoms. The van der Waals surface area contributed by atoms with E-state index in [2.05, 4.69) is 16.0 Å². The fourth-order valence-electron chi connectivity index (χ4n) is 11.4. The van der Waals surface area contributed by atoms with Crippen LogP contribution in [0.15, 0.2) is 29.1 Å². The first-order valence-corrected chi connectivity index (χ1v) is 24.2. The molecule has 5 aliphatic rings. The third-order valence-electron chi connectivity index (χ3n) is 14.5. The van der Waals surface area contributed by atoms with Gasteiger partial charge in [-0.2, -0.15) is 15.1 Å². The van der Waals surface area contributed by atoms with Crippen molar-refractivity contribution in [3.8, 4) is 23.1 Å². The van der Waals surface area contributed by atoms with Crippen LogP contribution in [0.5, 0.6) is 11.9 Å². The Labute approximate surface area is 385 Å². The predicted octanol–water partition coefficient (Wildman–Crippen LogP) is 9.85. The summed E-state index contributed by atoms with van der Waals surface area (Å²) in [7, 11) is 0. The monoisotopic (exact) mass is 910 g/mol. The van der Waals surface area contributed by atoms with Gasteiger partial charge in [0.15, 0.2) is 17.9 Å². The van der Waals surface area contributed by atoms with Gasteiger partial charge >= 0.3 is 12.1 Å². The SMILES string of the molecule is Cc1cc2c(cnn2C2CCCCO2)c(-c2ncc3c(OCC(C)C)nc(OC[C@@]45CCCN4C[C@H](F)C5)nc3c2F)c1CCc1cnc(C2CC3(CCCN(C(=O)OC(C)(C)C)C3)C2)o1. The van der Waals surface area contributed by atoms with Crippen molar-refractivity contribution < 1.29 is 36.9 Å². The molecular weight excluding hydrogens is 847 g/mol. The van der Waals surface area contributed by atoms with Crippen LogP contribution in [0.3, 0.4) is 0 Å². The zero-order chi connectivity index (χ0) is 46.0. The molecule has 3 atom stereocenters. The lowest BCUT2D eigenvalue weighted by Gasteiger charge is -2.51. The van der Waals surface area contributed by atoms with Gasteiger partial charge in [0.05, 0.1) is 35.4 Å². The Balaban J connectivity index is 0.959. The number of alkyl halides is 1.